The van der Waals surface area contributed by atoms with Crippen LogP contribution in [0.1, 0.15) is 20.8 Å². The molecule has 8 heteroatoms. The lowest BCUT2D eigenvalue weighted by atomic mass is 10.2. The first-order chi connectivity index (χ1) is 19.0. The predicted molar refractivity (Wildman–Crippen MR) is 159 cm³/mol. The highest BCUT2D eigenvalue weighted by atomic mass is 28.4. The van der Waals surface area contributed by atoms with Crippen LogP contribution >= 0.6 is 0 Å². The van der Waals surface area contributed by atoms with Gasteiger partial charge in [-0.15, -0.1) is 6.58 Å². The molecule has 0 aliphatic carbocycles. The number of rotatable bonds is 23. The monoisotopic (exact) mass is 560 g/mol. The second-order valence-corrected chi connectivity index (χ2v) is 14.2. The average Bonchev–Trinajstić information content (AvgIpc) is 2.94. The molecule has 218 valence electrons. The summed E-state index contributed by atoms with van der Waals surface area (Å²) >= 11 is 0. The second-order valence-electron chi connectivity index (χ2n) is 9.94. The first-order valence-corrected chi connectivity index (χ1v) is 15.8. The molecule has 0 aromatic heterocycles. The third-order valence-corrected chi connectivity index (χ3v) is 11.1. The molecular weight excluding hydrogens is 512 g/mol. The molecule has 0 saturated carbocycles. The van der Waals surface area contributed by atoms with Gasteiger partial charge in [0.25, 0.3) is 8.32 Å². The summed E-state index contributed by atoms with van der Waals surface area (Å²) in [6, 6.07) is 21.3. The summed E-state index contributed by atoms with van der Waals surface area (Å²) < 4.78 is 39.9. The largest absolute Gasteiger partial charge is 0.405 e. The molecule has 7 nitrogen and oxygen atoms in total. The zero-order chi connectivity index (χ0) is 28.1. The summed E-state index contributed by atoms with van der Waals surface area (Å²) in [5.41, 5.74) is 0. The fraction of sp³-hybridized carbons (Fsp3) is 0.548. The molecule has 0 bridgehead atoms. The highest BCUT2D eigenvalue weighted by Crippen LogP contribution is 2.36. The van der Waals surface area contributed by atoms with Crippen molar-refractivity contribution in [3.63, 3.8) is 0 Å². The summed E-state index contributed by atoms with van der Waals surface area (Å²) in [4.78, 5) is 0. The molecule has 0 heterocycles. The van der Waals surface area contributed by atoms with E-state index in [2.05, 4.69) is 88.0 Å². The maximum atomic E-state index is 6.82. The van der Waals surface area contributed by atoms with Crippen molar-refractivity contribution >= 4 is 18.7 Å². The number of hydrogen-bond acceptors (Lipinski definition) is 7. The van der Waals surface area contributed by atoms with Crippen LogP contribution in [0.5, 0.6) is 0 Å². The van der Waals surface area contributed by atoms with Crippen molar-refractivity contribution < 1.29 is 32.8 Å². The van der Waals surface area contributed by atoms with Crippen LogP contribution in [-0.2, 0) is 32.8 Å². The van der Waals surface area contributed by atoms with Crippen molar-refractivity contribution in [2.75, 3.05) is 85.9 Å². The van der Waals surface area contributed by atoms with Gasteiger partial charge in [0, 0.05) is 0 Å². The van der Waals surface area contributed by atoms with Crippen molar-refractivity contribution in [1.82, 2.24) is 0 Å². The highest BCUT2D eigenvalue weighted by molar-refractivity contribution is 6.99. The maximum Gasteiger partial charge on any atom is 0.261 e. The summed E-state index contributed by atoms with van der Waals surface area (Å²) in [6.07, 6.45) is 1.72. The Hall–Kier alpha value is -1.88. The van der Waals surface area contributed by atoms with Crippen LogP contribution in [0.4, 0.5) is 0 Å². The quantitative estimate of drug-likeness (QED) is 0.116. The fourth-order valence-corrected chi connectivity index (χ4v) is 8.83. The van der Waals surface area contributed by atoms with E-state index in [1.54, 1.807) is 6.08 Å². The predicted octanol–water partition coefficient (Wildman–Crippen LogP) is 3.85. The molecule has 0 saturated heterocycles. The average molecular weight is 561 g/mol. The molecule has 0 radical (unpaired) electrons. The fourth-order valence-electron chi connectivity index (χ4n) is 4.28. The van der Waals surface area contributed by atoms with Crippen LogP contribution in [0.3, 0.4) is 0 Å². The smallest absolute Gasteiger partial charge is 0.261 e. The topological polar surface area (TPSA) is 64.6 Å². The lowest BCUT2D eigenvalue weighted by molar-refractivity contribution is -0.0169. The van der Waals surface area contributed by atoms with E-state index in [1.165, 1.54) is 10.4 Å². The maximum absolute atomic E-state index is 6.82. The van der Waals surface area contributed by atoms with E-state index >= 15 is 0 Å². The van der Waals surface area contributed by atoms with Crippen molar-refractivity contribution in [2.45, 2.75) is 25.8 Å². The van der Waals surface area contributed by atoms with E-state index in [-0.39, 0.29) is 5.04 Å². The zero-order valence-electron chi connectivity index (χ0n) is 24.1. The number of hydrogen-bond donors (Lipinski definition) is 0. The Morgan fingerprint density at radius 1 is 0.538 bits per heavy atom. The van der Waals surface area contributed by atoms with E-state index in [9.17, 15) is 0 Å². The van der Waals surface area contributed by atoms with Gasteiger partial charge in [0.2, 0.25) is 0 Å². The van der Waals surface area contributed by atoms with Crippen LogP contribution in [0.25, 0.3) is 0 Å². The van der Waals surface area contributed by atoms with Gasteiger partial charge in [-0.25, -0.2) is 0 Å². The van der Waals surface area contributed by atoms with Crippen molar-refractivity contribution in [3.05, 3.63) is 73.3 Å². The van der Waals surface area contributed by atoms with E-state index in [0.29, 0.717) is 85.9 Å². The van der Waals surface area contributed by atoms with E-state index in [0.717, 1.165) is 0 Å². The molecule has 0 fully saturated rings. The summed E-state index contributed by atoms with van der Waals surface area (Å²) in [7, 11) is -2.52. The van der Waals surface area contributed by atoms with Crippen LogP contribution in [0.15, 0.2) is 73.3 Å². The Morgan fingerprint density at radius 2 is 0.872 bits per heavy atom. The van der Waals surface area contributed by atoms with E-state index in [1.807, 2.05) is 0 Å². The van der Waals surface area contributed by atoms with Crippen LogP contribution < -0.4 is 10.4 Å². The molecule has 0 N–H and O–H groups in total. The van der Waals surface area contributed by atoms with Gasteiger partial charge >= 0.3 is 0 Å². The SMILES string of the molecule is C=CCOCCOCCOCCOCCOCCOCCO[Si](c1ccccc1)(c1ccccc1)C(C)(C)C. The Morgan fingerprint density at radius 3 is 1.21 bits per heavy atom. The van der Waals surface area contributed by atoms with Crippen LogP contribution in [0, 0.1) is 0 Å². The molecule has 2 aromatic carbocycles. The van der Waals surface area contributed by atoms with Gasteiger partial charge in [0.15, 0.2) is 0 Å². The van der Waals surface area contributed by atoms with E-state index < -0.39 is 8.32 Å². The van der Waals surface area contributed by atoms with Gasteiger partial charge in [-0.05, 0) is 15.4 Å². The van der Waals surface area contributed by atoms with Gasteiger partial charge in [0.05, 0.1) is 85.9 Å². The molecule has 0 amide bonds. The molecule has 2 rings (SSSR count). The molecule has 0 aliphatic rings. The standard InChI is InChI=1S/C31H48O7Si/c1-5-16-32-17-18-33-19-20-34-21-22-35-23-24-36-25-26-37-27-28-38-39(31(2,3)4,29-12-8-6-9-13-29)30-14-10-7-11-15-30/h5-15H,1,16-28H2,2-4H3. The van der Waals surface area contributed by atoms with Crippen molar-refractivity contribution in [1.29, 1.82) is 0 Å². The highest BCUT2D eigenvalue weighted by Gasteiger charge is 2.49. The first-order valence-electron chi connectivity index (χ1n) is 13.8. The summed E-state index contributed by atoms with van der Waals surface area (Å²) in [5, 5.41) is 2.50. The molecule has 0 atom stereocenters. The Bertz CT molecular complexity index is 819. The Labute approximate surface area is 236 Å². The lowest BCUT2D eigenvalue weighted by Gasteiger charge is -2.43. The molecule has 0 aliphatic heterocycles. The summed E-state index contributed by atoms with van der Waals surface area (Å²) in [5.74, 6) is 0. The molecule has 2 aromatic rings. The molecular formula is C31H48O7Si. The van der Waals surface area contributed by atoms with Gasteiger partial charge in [-0.2, -0.15) is 0 Å². The van der Waals surface area contributed by atoms with Crippen molar-refractivity contribution in [3.8, 4) is 0 Å². The molecule has 0 spiro atoms. The van der Waals surface area contributed by atoms with Crippen LogP contribution in [0.2, 0.25) is 5.04 Å². The lowest BCUT2D eigenvalue weighted by Crippen LogP contribution is -2.66. The Balaban J connectivity index is 1.55. The number of benzene rings is 2. The van der Waals surface area contributed by atoms with Crippen molar-refractivity contribution in [2.24, 2.45) is 0 Å². The minimum Gasteiger partial charge on any atom is -0.405 e. The number of ether oxygens (including phenoxy) is 6. The third kappa shape index (κ3) is 12.4. The van der Waals surface area contributed by atoms with Gasteiger partial charge in [-0.3, -0.25) is 0 Å². The van der Waals surface area contributed by atoms with Gasteiger partial charge < -0.3 is 32.8 Å². The molecule has 39 heavy (non-hydrogen) atoms. The zero-order valence-corrected chi connectivity index (χ0v) is 25.1. The van der Waals surface area contributed by atoms with E-state index in [4.69, 9.17) is 32.8 Å². The second kappa shape index (κ2) is 20.1. The minimum atomic E-state index is -2.52. The summed E-state index contributed by atoms with van der Waals surface area (Å²) in [6.45, 7) is 17.4. The Kier molecular flexibility index (Phi) is 17.1. The van der Waals surface area contributed by atoms with Gasteiger partial charge in [-0.1, -0.05) is 87.5 Å². The normalized spacial score (nSPS) is 12.1. The molecule has 0 unspecified atom stereocenters. The van der Waals surface area contributed by atoms with Gasteiger partial charge in [0.1, 0.15) is 0 Å². The first kappa shape index (κ1) is 33.3. The van der Waals surface area contributed by atoms with Crippen LogP contribution in [-0.4, -0.2) is 94.2 Å². The third-order valence-electron chi connectivity index (χ3n) is 6.06. The minimum absolute atomic E-state index is 0.0434.